The van der Waals surface area contributed by atoms with Crippen molar-refractivity contribution < 1.29 is 0 Å². The highest BCUT2D eigenvalue weighted by atomic mass is 32.2. The van der Waals surface area contributed by atoms with E-state index in [1.54, 1.807) is 0 Å². The van der Waals surface area contributed by atoms with Gasteiger partial charge in [-0.05, 0) is 25.4 Å². The number of hydrogen-bond acceptors (Lipinski definition) is 4. The highest BCUT2D eigenvalue weighted by Crippen LogP contribution is 2.06. The highest BCUT2D eigenvalue weighted by molar-refractivity contribution is 7.98. The molecule has 0 unspecified atom stereocenters. The van der Waals surface area contributed by atoms with Gasteiger partial charge in [0.25, 0.3) is 0 Å². The van der Waals surface area contributed by atoms with E-state index in [2.05, 4.69) is 16.6 Å². The van der Waals surface area contributed by atoms with Gasteiger partial charge in [0.1, 0.15) is 0 Å². The minimum absolute atomic E-state index is 0.541. The third-order valence-electron chi connectivity index (χ3n) is 1.74. The molecule has 0 bridgehead atoms. The molecule has 0 aliphatic heterocycles. The van der Waals surface area contributed by atoms with Gasteiger partial charge < -0.3 is 5.73 Å². The molecule has 0 aliphatic carbocycles. The third-order valence-corrected chi connectivity index (χ3v) is 2.43. The number of nitrogen functional groups attached to an aromatic ring is 1. The van der Waals surface area contributed by atoms with Gasteiger partial charge in [-0.25, -0.2) is 4.68 Å². The molecule has 1 heterocycles. The van der Waals surface area contributed by atoms with Gasteiger partial charge >= 0.3 is 0 Å². The summed E-state index contributed by atoms with van der Waals surface area (Å²) in [5.74, 6) is 1.69. The number of rotatable bonds is 4. The number of thioether (sulfide) groups is 1. The lowest BCUT2D eigenvalue weighted by molar-refractivity contribution is 0.569. The van der Waals surface area contributed by atoms with E-state index >= 15 is 0 Å². The SMILES string of the molecule is CSCCCn1nnc(N)c1C. The van der Waals surface area contributed by atoms with Crippen LogP contribution in [0.2, 0.25) is 0 Å². The van der Waals surface area contributed by atoms with E-state index in [1.807, 2.05) is 23.4 Å². The van der Waals surface area contributed by atoms with Crippen LogP contribution in [0.1, 0.15) is 12.1 Å². The van der Waals surface area contributed by atoms with Gasteiger partial charge in [0.2, 0.25) is 0 Å². The molecule has 0 saturated heterocycles. The van der Waals surface area contributed by atoms with Crippen LogP contribution < -0.4 is 5.73 Å². The maximum Gasteiger partial charge on any atom is 0.168 e. The van der Waals surface area contributed by atoms with Gasteiger partial charge in [0.05, 0.1) is 5.69 Å². The van der Waals surface area contributed by atoms with Crippen molar-refractivity contribution in [3.05, 3.63) is 5.69 Å². The summed E-state index contributed by atoms with van der Waals surface area (Å²) in [5, 5.41) is 7.70. The summed E-state index contributed by atoms with van der Waals surface area (Å²) in [4.78, 5) is 0. The first kappa shape index (κ1) is 9.38. The van der Waals surface area contributed by atoms with Crippen LogP contribution in [0.25, 0.3) is 0 Å². The van der Waals surface area contributed by atoms with Crippen molar-refractivity contribution in [2.75, 3.05) is 17.7 Å². The quantitative estimate of drug-likeness (QED) is 0.710. The van der Waals surface area contributed by atoms with E-state index in [-0.39, 0.29) is 0 Å². The number of aryl methyl sites for hydroxylation is 1. The van der Waals surface area contributed by atoms with Gasteiger partial charge in [-0.2, -0.15) is 11.8 Å². The molecule has 1 rings (SSSR count). The molecule has 5 heteroatoms. The van der Waals surface area contributed by atoms with Crippen LogP contribution in [0.5, 0.6) is 0 Å². The molecule has 0 spiro atoms. The number of hydrogen-bond donors (Lipinski definition) is 1. The van der Waals surface area contributed by atoms with Crippen LogP contribution in [-0.2, 0) is 6.54 Å². The molecule has 0 amide bonds. The van der Waals surface area contributed by atoms with E-state index in [1.165, 1.54) is 0 Å². The average molecular weight is 186 g/mol. The Kier molecular flexibility index (Phi) is 3.40. The van der Waals surface area contributed by atoms with E-state index in [4.69, 9.17) is 5.73 Å². The molecule has 0 atom stereocenters. The normalized spacial score (nSPS) is 10.5. The molecule has 1 aromatic heterocycles. The maximum atomic E-state index is 5.55. The smallest absolute Gasteiger partial charge is 0.168 e. The molecule has 0 aliphatic rings. The van der Waals surface area contributed by atoms with Gasteiger partial charge in [-0.15, -0.1) is 5.10 Å². The summed E-state index contributed by atoms with van der Waals surface area (Å²) in [6.07, 6.45) is 3.22. The number of aromatic nitrogens is 3. The first-order chi connectivity index (χ1) is 5.75. The minimum Gasteiger partial charge on any atom is -0.381 e. The first-order valence-corrected chi connectivity index (χ1v) is 5.29. The van der Waals surface area contributed by atoms with E-state index < -0.39 is 0 Å². The van der Waals surface area contributed by atoms with Crippen LogP contribution in [0, 0.1) is 6.92 Å². The van der Waals surface area contributed by atoms with Gasteiger partial charge in [-0.3, -0.25) is 0 Å². The molecule has 2 N–H and O–H groups in total. The number of nitrogens with two attached hydrogens (primary N) is 1. The lowest BCUT2D eigenvalue weighted by Gasteiger charge is -2.00. The van der Waals surface area contributed by atoms with Crippen molar-refractivity contribution in [2.24, 2.45) is 0 Å². The summed E-state index contributed by atoms with van der Waals surface area (Å²) >= 11 is 1.84. The van der Waals surface area contributed by atoms with Crippen molar-refractivity contribution in [3.8, 4) is 0 Å². The highest BCUT2D eigenvalue weighted by Gasteiger charge is 2.02. The fraction of sp³-hybridized carbons (Fsp3) is 0.714. The molecule has 0 aromatic carbocycles. The molecule has 0 radical (unpaired) electrons. The standard InChI is InChI=1S/C7H14N4S/c1-6-7(8)9-10-11(6)4-3-5-12-2/h3-5,8H2,1-2H3. The fourth-order valence-corrected chi connectivity index (χ4v) is 1.36. The van der Waals surface area contributed by atoms with Gasteiger partial charge in [-0.1, -0.05) is 5.21 Å². The van der Waals surface area contributed by atoms with E-state index in [9.17, 15) is 0 Å². The summed E-state index contributed by atoms with van der Waals surface area (Å²) in [6.45, 7) is 2.85. The largest absolute Gasteiger partial charge is 0.381 e. The Hall–Kier alpha value is -0.710. The van der Waals surface area contributed by atoms with Crippen LogP contribution in [0.15, 0.2) is 0 Å². The zero-order valence-electron chi connectivity index (χ0n) is 7.45. The minimum atomic E-state index is 0.541. The predicted octanol–water partition coefficient (Wildman–Crippen LogP) is 0.922. The molecule has 4 nitrogen and oxygen atoms in total. The van der Waals surface area contributed by atoms with Gasteiger partial charge in [0, 0.05) is 6.54 Å². The number of nitrogens with zero attached hydrogens (tertiary/aromatic N) is 3. The Morgan fingerprint density at radius 2 is 2.33 bits per heavy atom. The fourth-order valence-electron chi connectivity index (χ4n) is 0.945. The summed E-state index contributed by atoms with van der Waals surface area (Å²) in [7, 11) is 0. The van der Waals surface area contributed by atoms with Crippen LogP contribution in [-0.4, -0.2) is 27.0 Å². The zero-order chi connectivity index (χ0) is 8.97. The van der Waals surface area contributed by atoms with Crippen molar-refractivity contribution in [3.63, 3.8) is 0 Å². The van der Waals surface area contributed by atoms with E-state index in [0.29, 0.717) is 5.82 Å². The molecule has 1 aromatic rings. The first-order valence-electron chi connectivity index (χ1n) is 3.90. The van der Waals surface area contributed by atoms with Crippen LogP contribution in [0.4, 0.5) is 5.82 Å². The molecule has 12 heavy (non-hydrogen) atoms. The lowest BCUT2D eigenvalue weighted by atomic mass is 10.4. The molecular weight excluding hydrogens is 172 g/mol. The average Bonchev–Trinajstić information content (AvgIpc) is 2.36. The van der Waals surface area contributed by atoms with Crippen molar-refractivity contribution in [1.82, 2.24) is 15.0 Å². The number of anilines is 1. The predicted molar refractivity (Wildman–Crippen MR) is 52.2 cm³/mol. The van der Waals surface area contributed by atoms with Gasteiger partial charge in [0.15, 0.2) is 5.82 Å². The molecule has 0 fully saturated rings. The van der Waals surface area contributed by atoms with E-state index in [0.717, 1.165) is 24.4 Å². The Morgan fingerprint density at radius 3 is 2.83 bits per heavy atom. The second-order valence-corrected chi connectivity index (χ2v) is 3.62. The van der Waals surface area contributed by atoms with Crippen LogP contribution >= 0.6 is 11.8 Å². The second-order valence-electron chi connectivity index (χ2n) is 2.63. The summed E-state index contributed by atoms with van der Waals surface area (Å²) in [6, 6.07) is 0. The Bertz CT molecular complexity index is 246. The maximum absolute atomic E-state index is 5.55. The molecule has 68 valence electrons. The Morgan fingerprint density at radius 1 is 1.58 bits per heavy atom. The summed E-state index contributed by atoms with van der Waals surface area (Å²) in [5.41, 5.74) is 6.51. The molecule has 0 saturated carbocycles. The summed E-state index contributed by atoms with van der Waals surface area (Å²) < 4.78 is 1.85. The van der Waals surface area contributed by atoms with Crippen molar-refractivity contribution in [1.29, 1.82) is 0 Å². The third kappa shape index (κ3) is 2.14. The van der Waals surface area contributed by atoms with Crippen molar-refractivity contribution >= 4 is 17.6 Å². The van der Waals surface area contributed by atoms with Crippen LogP contribution in [0.3, 0.4) is 0 Å². The zero-order valence-corrected chi connectivity index (χ0v) is 8.27. The second kappa shape index (κ2) is 4.35. The topological polar surface area (TPSA) is 56.7 Å². The Labute approximate surface area is 76.5 Å². The van der Waals surface area contributed by atoms with Crippen molar-refractivity contribution in [2.45, 2.75) is 19.9 Å². The molecular formula is C7H14N4S. The lowest BCUT2D eigenvalue weighted by Crippen LogP contribution is -2.03. The monoisotopic (exact) mass is 186 g/mol. The Balaban J connectivity index is 2.46.